The van der Waals surface area contributed by atoms with Gasteiger partial charge in [0.15, 0.2) is 0 Å². The van der Waals surface area contributed by atoms with Gasteiger partial charge in [0.1, 0.15) is 6.04 Å². The van der Waals surface area contributed by atoms with Crippen molar-refractivity contribution in [2.45, 2.75) is 13.0 Å². The van der Waals surface area contributed by atoms with Crippen LogP contribution in [0.2, 0.25) is 0 Å². The number of hydrogen-bond donors (Lipinski definition) is 2. The third kappa shape index (κ3) is 12.4. The molecule has 2 unspecified atom stereocenters. The Morgan fingerprint density at radius 1 is 1.14 bits per heavy atom. The van der Waals surface area contributed by atoms with E-state index in [4.69, 9.17) is 19.3 Å². The zero-order chi connectivity index (χ0) is 16.1. The van der Waals surface area contributed by atoms with Gasteiger partial charge in [0, 0.05) is 30.6 Å². The lowest BCUT2D eigenvalue weighted by atomic mass is 10.3. The van der Waals surface area contributed by atoms with Gasteiger partial charge in [0.05, 0.1) is 38.8 Å². The van der Waals surface area contributed by atoms with Gasteiger partial charge in [0.2, 0.25) is 5.91 Å². The van der Waals surface area contributed by atoms with E-state index in [-0.39, 0.29) is 18.1 Å². The van der Waals surface area contributed by atoms with Crippen LogP contribution in [0.15, 0.2) is 0 Å². The summed E-state index contributed by atoms with van der Waals surface area (Å²) < 4.78 is 26.9. The number of ether oxygens (including phenoxy) is 3. The number of methoxy groups -OCH3 is 1. The summed E-state index contributed by atoms with van der Waals surface area (Å²) in [5.41, 5.74) is 0. The summed E-state index contributed by atoms with van der Waals surface area (Å²) in [4.78, 5) is 21.7. The molecule has 0 radical (unpaired) electrons. The topological polar surface area (TPSA) is 111 Å². The average molecular weight is 325 g/mol. The molecule has 0 spiro atoms. The van der Waals surface area contributed by atoms with Crippen LogP contribution in [0.5, 0.6) is 0 Å². The molecule has 2 N–H and O–H groups in total. The molecule has 0 fully saturated rings. The smallest absolute Gasteiger partial charge is 0.327 e. The summed E-state index contributed by atoms with van der Waals surface area (Å²) in [6, 6.07) is -1.14. The largest absolute Gasteiger partial charge is 0.480 e. The summed E-state index contributed by atoms with van der Waals surface area (Å²) in [7, 11) is 0.205. The van der Waals surface area contributed by atoms with Crippen molar-refractivity contribution in [2.24, 2.45) is 0 Å². The molecule has 124 valence electrons. The number of amides is 1. The Morgan fingerprint density at radius 2 is 1.71 bits per heavy atom. The minimum Gasteiger partial charge on any atom is -0.480 e. The SMILES string of the molecule is COCCOCCOCCS(=O)CC(NC(C)=O)C(=O)O. The van der Waals surface area contributed by atoms with Gasteiger partial charge >= 0.3 is 5.97 Å². The molecule has 1 amide bonds. The second-order valence-electron chi connectivity index (χ2n) is 4.12. The maximum atomic E-state index is 11.7. The Bertz CT molecular complexity index is 338. The minimum absolute atomic E-state index is 0.136. The monoisotopic (exact) mass is 325 g/mol. The molecule has 0 aliphatic rings. The summed E-state index contributed by atoms with van der Waals surface area (Å²) in [6.45, 7) is 3.25. The van der Waals surface area contributed by atoms with Gasteiger partial charge in [0.25, 0.3) is 0 Å². The van der Waals surface area contributed by atoms with Gasteiger partial charge in [-0.2, -0.15) is 0 Å². The lowest BCUT2D eigenvalue weighted by Gasteiger charge is -2.12. The van der Waals surface area contributed by atoms with Crippen LogP contribution >= 0.6 is 0 Å². The standard InChI is InChI=1S/C12H23NO7S/c1-10(14)13-11(12(15)16)9-21(17)8-7-20-6-5-19-4-3-18-2/h11H,3-9H2,1-2H3,(H,13,14)(H,15,16). The van der Waals surface area contributed by atoms with Gasteiger partial charge in [-0.15, -0.1) is 0 Å². The normalized spacial score (nSPS) is 13.6. The molecule has 0 aromatic heterocycles. The first kappa shape index (κ1) is 20.0. The van der Waals surface area contributed by atoms with E-state index in [0.29, 0.717) is 26.4 Å². The molecule has 0 saturated carbocycles. The Hall–Kier alpha value is -1.03. The molecular formula is C12H23NO7S. The third-order valence-electron chi connectivity index (χ3n) is 2.29. The van der Waals surface area contributed by atoms with E-state index < -0.39 is 28.7 Å². The van der Waals surface area contributed by atoms with Crippen molar-refractivity contribution in [3.8, 4) is 0 Å². The van der Waals surface area contributed by atoms with E-state index in [0.717, 1.165) is 0 Å². The number of rotatable bonds is 13. The number of carboxylic acid groups (broad SMARTS) is 1. The highest BCUT2D eigenvalue weighted by Gasteiger charge is 2.20. The lowest BCUT2D eigenvalue weighted by Crippen LogP contribution is -2.43. The van der Waals surface area contributed by atoms with E-state index in [9.17, 15) is 13.8 Å². The van der Waals surface area contributed by atoms with Gasteiger partial charge in [-0.05, 0) is 0 Å². The fourth-order valence-electron chi connectivity index (χ4n) is 1.31. The number of hydrogen-bond acceptors (Lipinski definition) is 6. The Balaban J connectivity index is 3.69. The van der Waals surface area contributed by atoms with Crippen molar-refractivity contribution < 1.29 is 33.1 Å². The maximum absolute atomic E-state index is 11.7. The molecule has 0 aromatic carbocycles. The van der Waals surface area contributed by atoms with Crippen LogP contribution in [0.1, 0.15) is 6.92 Å². The molecule has 0 aliphatic heterocycles. The predicted molar refractivity (Wildman–Crippen MR) is 76.6 cm³/mol. The van der Waals surface area contributed by atoms with Crippen LogP contribution < -0.4 is 5.32 Å². The zero-order valence-corrected chi connectivity index (χ0v) is 13.1. The molecule has 0 aromatic rings. The van der Waals surface area contributed by atoms with Crippen LogP contribution in [0.25, 0.3) is 0 Å². The van der Waals surface area contributed by atoms with Crippen molar-refractivity contribution in [3.05, 3.63) is 0 Å². The number of nitrogens with one attached hydrogen (secondary N) is 1. The molecule has 0 saturated heterocycles. The Kier molecular flexibility index (Phi) is 12.1. The highest BCUT2D eigenvalue weighted by molar-refractivity contribution is 7.85. The van der Waals surface area contributed by atoms with Gasteiger partial charge in [-0.1, -0.05) is 0 Å². The first-order chi connectivity index (χ1) is 9.97. The van der Waals surface area contributed by atoms with E-state index in [2.05, 4.69) is 5.32 Å². The summed E-state index contributed by atoms with van der Waals surface area (Å²) in [5, 5.41) is 11.1. The van der Waals surface area contributed by atoms with Crippen LogP contribution in [0.3, 0.4) is 0 Å². The fourth-order valence-corrected chi connectivity index (χ4v) is 2.37. The molecule has 9 heteroatoms. The second kappa shape index (κ2) is 12.7. The van der Waals surface area contributed by atoms with Crippen molar-refractivity contribution in [1.29, 1.82) is 0 Å². The minimum atomic E-state index is -1.38. The third-order valence-corrected chi connectivity index (χ3v) is 3.61. The van der Waals surface area contributed by atoms with E-state index in [1.54, 1.807) is 7.11 Å². The number of carbonyl (C=O) groups excluding carboxylic acids is 1. The maximum Gasteiger partial charge on any atom is 0.327 e. The fraction of sp³-hybridized carbons (Fsp3) is 0.833. The number of carbonyl (C=O) groups is 2. The highest BCUT2D eigenvalue weighted by atomic mass is 32.2. The number of carboxylic acids is 1. The second-order valence-corrected chi connectivity index (χ2v) is 5.74. The lowest BCUT2D eigenvalue weighted by molar-refractivity contribution is -0.140. The first-order valence-corrected chi connectivity index (χ1v) is 7.95. The van der Waals surface area contributed by atoms with E-state index in [1.807, 2.05) is 0 Å². The van der Waals surface area contributed by atoms with Crippen LogP contribution in [0.4, 0.5) is 0 Å². The predicted octanol–water partition coefficient (Wildman–Crippen LogP) is -0.996. The molecule has 21 heavy (non-hydrogen) atoms. The van der Waals surface area contributed by atoms with E-state index >= 15 is 0 Å². The van der Waals surface area contributed by atoms with Crippen LogP contribution in [-0.4, -0.2) is 78.9 Å². The molecular weight excluding hydrogens is 302 g/mol. The van der Waals surface area contributed by atoms with Gasteiger partial charge < -0.3 is 24.6 Å². The summed E-state index contributed by atoms with van der Waals surface area (Å²) in [6.07, 6.45) is 0. The first-order valence-electron chi connectivity index (χ1n) is 6.46. The highest BCUT2D eigenvalue weighted by Crippen LogP contribution is 1.93. The van der Waals surface area contributed by atoms with Gasteiger partial charge in [-0.25, -0.2) is 4.79 Å². The van der Waals surface area contributed by atoms with Crippen LogP contribution in [0, 0.1) is 0 Å². The van der Waals surface area contributed by atoms with Crippen molar-refractivity contribution in [2.75, 3.05) is 51.6 Å². The van der Waals surface area contributed by atoms with E-state index in [1.165, 1.54) is 6.92 Å². The molecule has 0 aliphatic carbocycles. The summed E-state index contributed by atoms with van der Waals surface area (Å²) in [5.74, 6) is -1.60. The molecule has 2 atom stereocenters. The van der Waals surface area contributed by atoms with Crippen molar-refractivity contribution in [1.82, 2.24) is 5.32 Å². The average Bonchev–Trinajstić information content (AvgIpc) is 2.40. The summed E-state index contributed by atoms with van der Waals surface area (Å²) >= 11 is 0. The Morgan fingerprint density at radius 3 is 2.24 bits per heavy atom. The molecule has 0 heterocycles. The Labute approximate surface area is 126 Å². The van der Waals surface area contributed by atoms with Crippen molar-refractivity contribution in [3.63, 3.8) is 0 Å². The zero-order valence-electron chi connectivity index (χ0n) is 12.3. The quantitative estimate of drug-likeness (QED) is 0.418. The van der Waals surface area contributed by atoms with Crippen molar-refractivity contribution >= 4 is 22.7 Å². The number of aliphatic carboxylic acids is 1. The van der Waals surface area contributed by atoms with Crippen LogP contribution in [-0.2, 0) is 34.6 Å². The molecule has 0 rings (SSSR count). The molecule has 8 nitrogen and oxygen atoms in total. The molecule has 0 bridgehead atoms. The van der Waals surface area contributed by atoms with Gasteiger partial charge in [-0.3, -0.25) is 9.00 Å².